The molecule has 2 rings (SSSR count). The molecule has 2 fully saturated rings. The van der Waals surface area contributed by atoms with Crippen LogP contribution in [0.5, 0.6) is 0 Å². The van der Waals surface area contributed by atoms with Crippen molar-refractivity contribution in [3.63, 3.8) is 0 Å². The van der Waals surface area contributed by atoms with E-state index >= 15 is 0 Å². The summed E-state index contributed by atoms with van der Waals surface area (Å²) in [5, 5.41) is 13.4. The molecule has 1 saturated carbocycles. The normalized spacial score (nSPS) is 31.9. The number of hydrogen-bond acceptors (Lipinski definition) is 3. The maximum absolute atomic E-state index is 9.92. The Kier molecular flexibility index (Phi) is 3.42. The highest BCUT2D eigenvalue weighted by molar-refractivity contribution is 4.90. The first-order valence-electron chi connectivity index (χ1n) is 5.82. The highest BCUT2D eigenvalue weighted by atomic mass is 16.5. The lowest BCUT2D eigenvalue weighted by Gasteiger charge is -2.37. The van der Waals surface area contributed by atoms with Gasteiger partial charge in [0.1, 0.15) is 0 Å². The van der Waals surface area contributed by atoms with Crippen LogP contribution in [-0.2, 0) is 4.74 Å². The molecule has 1 aliphatic carbocycles. The minimum Gasteiger partial charge on any atom is -0.389 e. The van der Waals surface area contributed by atoms with Gasteiger partial charge in [0, 0.05) is 25.8 Å². The first-order valence-corrected chi connectivity index (χ1v) is 5.82. The first kappa shape index (κ1) is 10.4. The average molecular weight is 199 g/mol. The summed E-state index contributed by atoms with van der Waals surface area (Å²) in [6, 6.07) is 0.558. The van der Waals surface area contributed by atoms with E-state index in [9.17, 15) is 5.11 Å². The minimum atomic E-state index is -0.382. The molecule has 2 N–H and O–H groups in total. The summed E-state index contributed by atoms with van der Waals surface area (Å²) in [7, 11) is 0. The first-order chi connectivity index (χ1) is 6.79. The van der Waals surface area contributed by atoms with Gasteiger partial charge in [0.25, 0.3) is 0 Å². The van der Waals surface area contributed by atoms with Crippen LogP contribution in [-0.4, -0.2) is 36.5 Å². The third-order valence-electron chi connectivity index (χ3n) is 3.46. The van der Waals surface area contributed by atoms with Gasteiger partial charge in [0.2, 0.25) is 0 Å². The molecule has 0 aromatic carbocycles. The predicted octanol–water partition coefficient (Wildman–Crippen LogP) is 1.06. The van der Waals surface area contributed by atoms with Crippen LogP contribution in [0.15, 0.2) is 0 Å². The zero-order valence-electron chi connectivity index (χ0n) is 8.80. The second-order valence-corrected chi connectivity index (χ2v) is 4.70. The molecule has 1 saturated heterocycles. The fourth-order valence-corrected chi connectivity index (χ4v) is 2.20. The third-order valence-corrected chi connectivity index (χ3v) is 3.46. The van der Waals surface area contributed by atoms with Gasteiger partial charge >= 0.3 is 0 Å². The van der Waals surface area contributed by atoms with Crippen molar-refractivity contribution >= 4 is 0 Å². The van der Waals surface area contributed by atoms with Gasteiger partial charge in [-0.2, -0.15) is 0 Å². The van der Waals surface area contributed by atoms with Gasteiger partial charge in [-0.05, 0) is 38.5 Å². The molecule has 0 radical (unpaired) electrons. The Morgan fingerprint density at radius 3 is 2.79 bits per heavy atom. The van der Waals surface area contributed by atoms with Gasteiger partial charge in [-0.15, -0.1) is 0 Å². The van der Waals surface area contributed by atoms with E-state index in [1.807, 2.05) is 0 Å². The Bertz CT molecular complexity index is 172. The lowest BCUT2D eigenvalue weighted by molar-refractivity contribution is -0.0335. The van der Waals surface area contributed by atoms with Crippen LogP contribution in [0.25, 0.3) is 0 Å². The number of nitrogens with one attached hydrogen (secondary N) is 1. The van der Waals surface area contributed by atoms with E-state index in [2.05, 4.69) is 5.32 Å². The third kappa shape index (κ3) is 2.69. The zero-order chi connectivity index (χ0) is 9.86. The molecule has 82 valence electrons. The van der Waals surface area contributed by atoms with Crippen molar-refractivity contribution in [2.45, 2.75) is 50.2 Å². The molecule has 14 heavy (non-hydrogen) atoms. The minimum absolute atomic E-state index is 0.382. The van der Waals surface area contributed by atoms with Crippen molar-refractivity contribution in [1.29, 1.82) is 0 Å². The molecule has 1 heterocycles. The molecule has 0 bridgehead atoms. The van der Waals surface area contributed by atoms with Crippen LogP contribution in [0.3, 0.4) is 0 Å². The Hall–Kier alpha value is -0.120. The van der Waals surface area contributed by atoms with Crippen LogP contribution in [0, 0.1) is 0 Å². The Labute approximate surface area is 85.8 Å². The van der Waals surface area contributed by atoms with E-state index in [1.165, 1.54) is 12.8 Å². The average Bonchev–Trinajstić information content (AvgIpc) is 2.40. The lowest BCUT2D eigenvalue weighted by Crippen LogP contribution is -2.49. The SMILES string of the molecule is OC1(CNC2CCCOCC2)CCC1. The summed E-state index contributed by atoms with van der Waals surface area (Å²) >= 11 is 0. The highest BCUT2D eigenvalue weighted by Crippen LogP contribution is 2.30. The van der Waals surface area contributed by atoms with E-state index in [-0.39, 0.29) is 5.60 Å². The molecule has 0 spiro atoms. The summed E-state index contributed by atoms with van der Waals surface area (Å²) in [4.78, 5) is 0. The summed E-state index contributed by atoms with van der Waals surface area (Å²) in [6.45, 7) is 2.55. The molecule has 0 aromatic rings. The second-order valence-electron chi connectivity index (χ2n) is 4.70. The van der Waals surface area contributed by atoms with E-state index in [0.29, 0.717) is 6.04 Å². The van der Waals surface area contributed by atoms with Crippen molar-refractivity contribution in [3.05, 3.63) is 0 Å². The van der Waals surface area contributed by atoms with Crippen molar-refractivity contribution in [1.82, 2.24) is 5.32 Å². The molecule has 2 aliphatic rings. The summed E-state index contributed by atoms with van der Waals surface area (Å²) < 4.78 is 5.39. The predicted molar refractivity (Wildman–Crippen MR) is 55.3 cm³/mol. The molecular formula is C11H21NO2. The summed E-state index contributed by atoms with van der Waals surface area (Å²) in [5.41, 5.74) is -0.382. The molecule has 3 nitrogen and oxygen atoms in total. The second kappa shape index (κ2) is 4.60. The Morgan fingerprint density at radius 2 is 2.07 bits per heavy atom. The maximum Gasteiger partial charge on any atom is 0.0771 e. The molecule has 1 atom stereocenters. The van der Waals surface area contributed by atoms with Crippen LogP contribution < -0.4 is 5.32 Å². The standard InChI is InChI=1S/C11H21NO2/c13-11(5-2-6-11)9-12-10-3-1-7-14-8-4-10/h10,12-13H,1-9H2. The van der Waals surface area contributed by atoms with Crippen molar-refractivity contribution in [3.8, 4) is 0 Å². The van der Waals surface area contributed by atoms with E-state index in [0.717, 1.165) is 45.4 Å². The van der Waals surface area contributed by atoms with E-state index < -0.39 is 0 Å². The largest absolute Gasteiger partial charge is 0.389 e. The van der Waals surface area contributed by atoms with Gasteiger partial charge < -0.3 is 15.2 Å². The van der Waals surface area contributed by atoms with Gasteiger partial charge in [-0.25, -0.2) is 0 Å². The van der Waals surface area contributed by atoms with Crippen LogP contribution in [0.4, 0.5) is 0 Å². The summed E-state index contributed by atoms with van der Waals surface area (Å²) in [6.07, 6.45) is 6.57. The fraction of sp³-hybridized carbons (Fsp3) is 1.00. The zero-order valence-corrected chi connectivity index (χ0v) is 8.80. The lowest BCUT2D eigenvalue weighted by atomic mass is 9.80. The Balaban J connectivity index is 1.68. The number of ether oxygens (including phenoxy) is 1. The number of hydrogen-bond donors (Lipinski definition) is 2. The number of rotatable bonds is 3. The van der Waals surface area contributed by atoms with Crippen LogP contribution >= 0.6 is 0 Å². The maximum atomic E-state index is 9.92. The van der Waals surface area contributed by atoms with Gasteiger partial charge in [0.15, 0.2) is 0 Å². The van der Waals surface area contributed by atoms with E-state index in [4.69, 9.17) is 4.74 Å². The molecule has 0 amide bonds. The van der Waals surface area contributed by atoms with Gasteiger partial charge in [-0.1, -0.05) is 0 Å². The molecule has 3 heteroatoms. The molecule has 1 unspecified atom stereocenters. The van der Waals surface area contributed by atoms with Gasteiger partial charge in [0.05, 0.1) is 5.60 Å². The Morgan fingerprint density at radius 1 is 1.21 bits per heavy atom. The highest BCUT2D eigenvalue weighted by Gasteiger charge is 2.34. The number of aliphatic hydroxyl groups is 1. The van der Waals surface area contributed by atoms with Gasteiger partial charge in [-0.3, -0.25) is 0 Å². The quantitative estimate of drug-likeness (QED) is 0.714. The monoisotopic (exact) mass is 199 g/mol. The molecule has 1 aliphatic heterocycles. The molecular weight excluding hydrogens is 178 g/mol. The van der Waals surface area contributed by atoms with Crippen molar-refractivity contribution < 1.29 is 9.84 Å². The van der Waals surface area contributed by atoms with Crippen LogP contribution in [0.1, 0.15) is 38.5 Å². The van der Waals surface area contributed by atoms with E-state index in [1.54, 1.807) is 0 Å². The topological polar surface area (TPSA) is 41.5 Å². The molecule has 0 aromatic heterocycles. The van der Waals surface area contributed by atoms with Crippen LogP contribution in [0.2, 0.25) is 0 Å². The van der Waals surface area contributed by atoms with Crippen molar-refractivity contribution in [2.24, 2.45) is 0 Å². The van der Waals surface area contributed by atoms with Crippen molar-refractivity contribution in [2.75, 3.05) is 19.8 Å². The summed E-state index contributed by atoms with van der Waals surface area (Å²) in [5.74, 6) is 0. The fourth-order valence-electron chi connectivity index (χ4n) is 2.20. The smallest absolute Gasteiger partial charge is 0.0771 e.